The molecule has 0 fully saturated rings. The average molecular weight is 296 g/mol. The van der Waals surface area contributed by atoms with Gasteiger partial charge in [0.2, 0.25) is 0 Å². The first kappa shape index (κ1) is 15.8. The quantitative estimate of drug-likeness (QED) is 0.656. The van der Waals surface area contributed by atoms with Gasteiger partial charge in [-0.25, -0.2) is 0 Å². The van der Waals surface area contributed by atoms with E-state index in [4.69, 9.17) is 4.74 Å². The van der Waals surface area contributed by atoms with Crippen LogP contribution in [0.2, 0.25) is 0 Å². The normalized spacial score (nSPS) is 11.1. The van der Waals surface area contributed by atoms with Crippen molar-refractivity contribution in [3.8, 4) is 11.5 Å². The lowest BCUT2D eigenvalue weighted by molar-refractivity contribution is 0.104. The lowest BCUT2D eigenvalue weighted by atomic mass is 10.0. The topological polar surface area (TPSA) is 46.5 Å². The molecule has 0 radical (unpaired) electrons. The predicted molar refractivity (Wildman–Crippen MR) is 88.6 cm³/mol. The Morgan fingerprint density at radius 3 is 2.41 bits per heavy atom. The van der Waals surface area contributed by atoms with Crippen LogP contribution in [-0.2, 0) is 0 Å². The number of ketones is 1. The molecule has 0 spiro atoms. The Balaban J connectivity index is 2.14. The predicted octanol–water partition coefficient (Wildman–Crippen LogP) is 4.42. The van der Waals surface area contributed by atoms with Gasteiger partial charge in [0.25, 0.3) is 0 Å². The second-order valence-electron chi connectivity index (χ2n) is 5.41. The van der Waals surface area contributed by atoms with Crippen molar-refractivity contribution in [2.24, 2.45) is 0 Å². The van der Waals surface area contributed by atoms with Gasteiger partial charge in [0, 0.05) is 5.56 Å². The van der Waals surface area contributed by atoms with Gasteiger partial charge in [-0.3, -0.25) is 4.79 Å². The number of methoxy groups -OCH3 is 1. The van der Waals surface area contributed by atoms with Crippen LogP contribution in [0.15, 0.2) is 48.5 Å². The first-order valence-corrected chi connectivity index (χ1v) is 7.20. The number of hydrogen-bond acceptors (Lipinski definition) is 3. The molecule has 0 amide bonds. The van der Waals surface area contributed by atoms with E-state index in [2.05, 4.69) is 13.8 Å². The minimum absolute atomic E-state index is 0.0534. The molecule has 0 heterocycles. The Kier molecular flexibility index (Phi) is 4.99. The molecule has 0 saturated heterocycles. The molecule has 0 aliphatic carbocycles. The zero-order chi connectivity index (χ0) is 16.1. The monoisotopic (exact) mass is 296 g/mol. The van der Waals surface area contributed by atoms with Gasteiger partial charge in [-0.2, -0.15) is 0 Å². The molecule has 1 N–H and O–H groups in total. The number of hydrogen-bond donors (Lipinski definition) is 1. The molecule has 2 aromatic carbocycles. The Bertz CT molecular complexity index is 682. The van der Waals surface area contributed by atoms with Gasteiger partial charge in [0.15, 0.2) is 17.3 Å². The van der Waals surface area contributed by atoms with Crippen molar-refractivity contribution >= 4 is 11.9 Å². The van der Waals surface area contributed by atoms with Crippen molar-refractivity contribution in [2.45, 2.75) is 19.8 Å². The van der Waals surface area contributed by atoms with Gasteiger partial charge >= 0.3 is 0 Å². The van der Waals surface area contributed by atoms with Crippen LogP contribution in [0.5, 0.6) is 11.5 Å². The Hall–Kier alpha value is -2.55. The highest BCUT2D eigenvalue weighted by Gasteiger charge is 2.05. The minimum atomic E-state index is -0.0534. The first-order chi connectivity index (χ1) is 10.5. The summed E-state index contributed by atoms with van der Waals surface area (Å²) >= 11 is 0. The summed E-state index contributed by atoms with van der Waals surface area (Å²) in [6, 6.07) is 12.6. The Morgan fingerprint density at radius 2 is 1.82 bits per heavy atom. The number of carbonyl (C=O) groups is 1. The third kappa shape index (κ3) is 3.76. The van der Waals surface area contributed by atoms with Crippen molar-refractivity contribution < 1.29 is 14.6 Å². The van der Waals surface area contributed by atoms with Gasteiger partial charge in [0.1, 0.15) is 0 Å². The van der Waals surface area contributed by atoms with Crippen molar-refractivity contribution in [2.75, 3.05) is 7.11 Å². The number of phenolic OH excluding ortho intramolecular Hbond substituents is 1. The molecule has 3 heteroatoms. The van der Waals surface area contributed by atoms with E-state index in [1.165, 1.54) is 18.7 Å². The summed E-state index contributed by atoms with van der Waals surface area (Å²) in [5.41, 5.74) is 2.66. The van der Waals surface area contributed by atoms with E-state index in [1.807, 2.05) is 24.3 Å². The van der Waals surface area contributed by atoms with Gasteiger partial charge in [0.05, 0.1) is 7.11 Å². The van der Waals surface area contributed by atoms with E-state index < -0.39 is 0 Å². The van der Waals surface area contributed by atoms with Crippen LogP contribution in [-0.4, -0.2) is 18.0 Å². The lowest BCUT2D eigenvalue weighted by Crippen LogP contribution is -1.95. The van der Waals surface area contributed by atoms with E-state index in [-0.39, 0.29) is 11.5 Å². The summed E-state index contributed by atoms with van der Waals surface area (Å²) in [6.45, 7) is 4.24. The third-order valence-corrected chi connectivity index (χ3v) is 3.49. The van der Waals surface area contributed by atoms with Crippen molar-refractivity contribution in [1.29, 1.82) is 0 Å². The molecule has 0 aromatic heterocycles. The molecule has 0 saturated carbocycles. The fourth-order valence-corrected chi connectivity index (χ4v) is 2.10. The van der Waals surface area contributed by atoms with Crippen LogP contribution in [0.1, 0.15) is 41.3 Å². The molecule has 0 unspecified atom stereocenters. The largest absolute Gasteiger partial charge is 0.504 e. The smallest absolute Gasteiger partial charge is 0.185 e. The summed E-state index contributed by atoms with van der Waals surface area (Å²) in [7, 11) is 1.49. The summed E-state index contributed by atoms with van der Waals surface area (Å²) in [5.74, 6) is 0.859. The zero-order valence-corrected chi connectivity index (χ0v) is 13.0. The van der Waals surface area contributed by atoms with Crippen molar-refractivity contribution in [3.05, 3.63) is 65.2 Å². The highest BCUT2D eigenvalue weighted by molar-refractivity contribution is 6.06. The molecule has 3 nitrogen and oxygen atoms in total. The number of benzene rings is 2. The highest BCUT2D eigenvalue weighted by atomic mass is 16.5. The van der Waals surface area contributed by atoms with E-state index in [1.54, 1.807) is 24.3 Å². The number of carbonyl (C=O) groups excluding carboxylic acids is 1. The van der Waals surface area contributed by atoms with Gasteiger partial charge in [-0.15, -0.1) is 0 Å². The summed E-state index contributed by atoms with van der Waals surface area (Å²) in [6.07, 6.45) is 3.23. The van der Waals surface area contributed by atoms with Gasteiger partial charge in [-0.05, 0) is 35.3 Å². The molecule has 2 aromatic rings. The van der Waals surface area contributed by atoms with Crippen LogP contribution in [0.25, 0.3) is 6.08 Å². The van der Waals surface area contributed by atoms with E-state index in [0.29, 0.717) is 17.2 Å². The highest BCUT2D eigenvalue weighted by Crippen LogP contribution is 2.26. The van der Waals surface area contributed by atoms with Crippen LogP contribution in [0.3, 0.4) is 0 Å². The van der Waals surface area contributed by atoms with Crippen LogP contribution < -0.4 is 4.74 Å². The maximum atomic E-state index is 12.2. The summed E-state index contributed by atoms with van der Waals surface area (Å²) in [5, 5.41) is 9.55. The number of rotatable bonds is 5. The number of phenols is 1. The number of ether oxygens (including phenoxy) is 1. The third-order valence-electron chi connectivity index (χ3n) is 3.49. The Morgan fingerprint density at radius 1 is 1.14 bits per heavy atom. The van der Waals surface area contributed by atoms with Crippen molar-refractivity contribution in [1.82, 2.24) is 0 Å². The van der Waals surface area contributed by atoms with Gasteiger partial charge < -0.3 is 9.84 Å². The number of allylic oxidation sites excluding steroid dienone is 1. The molecule has 0 bridgehead atoms. The molecule has 2 rings (SSSR count). The van der Waals surface area contributed by atoms with Crippen molar-refractivity contribution in [3.63, 3.8) is 0 Å². The van der Waals surface area contributed by atoms with Gasteiger partial charge in [-0.1, -0.05) is 50.3 Å². The number of aromatic hydroxyl groups is 1. The molecular weight excluding hydrogens is 276 g/mol. The molecule has 0 atom stereocenters. The Labute approximate surface area is 130 Å². The second kappa shape index (κ2) is 6.94. The lowest BCUT2D eigenvalue weighted by Gasteiger charge is -2.05. The molecular formula is C19H20O3. The zero-order valence-electron chi connectivity index (χ0n) is 13.0. The second-order valence-corrected chi connectivity index (χ2v) is 5.41. The summed E-state index contributed by atoms with van der Waals surface area (Å²) < 4.78 is 5.04. The fourth-order valence-electron chi connectivity index (χ4n) is 2.10. The van der Waals surface area contributed by atoms with Crippen LogP contribution >= 0.6 is 0 Å². The first-order valence-electron chi connectivity index (χ1n) is 7.20. The van der Waals surface area contributed by atoms with Crippen LogP contribution in [0, 0.1) is 0 Å². The van der Waals surface area contributed by atoms with Crippen LogP contribution in [0.4, 0.5) is 0 Å². The van der Waals surface area contributed by atoms with E-state index in [0.717, 1.165) is 5.56 Å². The standard InChI is InChI=1S/C19H20O3/c1-13(2)15-6-8-16(9-7-15)17(20)10-4-14-5-11-18(21)19(12-14)22-3/h4-13,21H,1-3H3. The molecule has 0 aliphatic heterocycles. The van der Waals surface area contributed by atoms with E-state index >= 15 is 0 Å². The fraction of sp³-hybridized carbons (Fsp3) is 0.211. The molecule has 22 heavy (non-hydrogen) atoms. The molecule has 114 valence electrons. The maximum absolute atomic E-state index is 12.2. The van der Waals surface area contributed by atoms with E-state index in [9.17, 15) is 9.90 Å². The minimum Gasteiger partial charge on any atom is -0.504 e. The maximum Gasteiger partial charge on any atom is 0.185 e. The SMILES string of the molecule is COc1cc(C=CC(=O)c2ccc(C(C)C)cc2)ccc1O. The average Bonchev–Trinajstić information content (AvgIpc) is 2.53. The summed E-state index contributed by atoms with van der Waals surface area (Å²) in [4.78, 5) is 12.2. The molecule has 0 aliphatic rings.